The lowest BCUT2D eigenvalue weighted by molar-refractivity contribution is 0.102. The minimum absolute atomic E-state index is 0.280. The van der Waals surface area contributed by atoms with Crippen LogP contribution in [0.3, 0.4) is 0 Å². The van der Waals surface area contributed by atoms with E-state index in [0.717, 1.165) is 5.69 Å². The number of rotatable bonds is 5. The quantitative estimate of drug-likeness (QED) is 0.721. The number of nitrogens with one attached hydrogen (secondary N) is 1. The number of hydrogen-bond donors (Lipinski definition) is 1. The summed E-state index contributed by atoms with van der Waals surface area (Å²) in [6, 6.07) is 13.4. The standard InChI is InChI=1S/C21H21FN2O3/c1-13-11-16(14(2)24(13)18-8-6-5-7-17(18)22)21(25)23-15-9-10-19(26-3)20(12-15)27-4/h5-12H,1-4H3,(H,23,25). The molecule has 1 heterocycles. The van der Waals surface area contributed by atoms with E-state index in [1.165, 1.54) is 13.2 Å². The van der Waals surface area contributed by atoms with Crippen molar-refractivity contribution in [1.29, 1.82) is 0 Å². The summed E-state index contributed by atoms with van der Waals surface area (Å²) in [5.74, 6) is 0.476. The summed E-state index contributed by atoms with van der Waals surface area (Å²) >= 11 is 0. The first-order valence-electron chi connectivity index (χ1n) is 8.43. The number of amides is 1. The summed E-state index contributed by atoms with van der Waals surface area (Å²) in [6.07, 6.45) is 0. The number of ether oxygens (including phenoxy) is 2. The van der Waals surface area contributed by atoms with Crippen LogP contribution in [0.4, 0.5) is 10.1 Å². The molecule has 0 radical (unpaired) electrons. The highest BCUT2D eigenvalue weighted by Crippen LogP contribution is 2.30. The lowest BCUT2D eigenvalue weighted by Gasteiger charge is -2.12. The van der Waals surface area contributed by atoms with Gasteiger partial charge in [-0.3, -0.25) is 4.79 Å². The van der Waals surface area contributed by atoms with Crippen molar-refractivity contribution in [3.05, 3.63) is 71.3 Å². The third-order valence-corrected chi connectivity index (χ3v) is 4.41. The molecule has 2 aromatic carbocycles. The van der Waals surface area contributed by atoms with Crippen LogP contribution in [0.5, 0.6) is 11.5 Å². The van der Waals surface area contributed by atoms with Gasteiger partial charge in [0.05, 0.1) is 25.5 Å². The van der Waals surface area contributed by atoms with Gasteiger partial charge in [-0.2, -0.15) is 0 Å². The Morgan fingerprint density at radius 1 is 1.00 bits per heavy atom. The van der Waals surface area contributed by atoms with Crippen molar-refractivity contribution in [2.45, 2.75) is 13.8 Å². The minimum Gasteiger partial charge on any atom is -0.493 e. The molecular weight excluding hydrogens is 347 g/mol. The lowest BCUT2D eigenvalue weighted by Crippen LogP contribution is -2.13. The molecule has 140 valence electrons. The third kappa shape index (κ3) is 3.51. The largest absolute Gasteiger partial charge is 0.493 e. The molecule has 1 N–H and O–H groups in total. The van der Waals surface area contributed by atoms with Crippen LogP contribution in [0.15, 0.2) is 48.5 Å². The topological polar surface area (TPSA) is 52.5 Å². The number of halogens is 1. The highest BCUT2D eigenvalue weighted by Gasteiger charge is 2.19. The monoisotopic (exact) mass is 368 g/mol. The number of anilines is 1. The molecule has 0 aliphatic carbocycles. The molecule has 0 aliphatic rings. The fourth-order valence-corrected chi connectivity index (χ4v) is 3.11. The van der Waals surface area contributed by atoms with Gasteiger partial charge in [-0.05, 0) is 44.2 Å². The summed E-state index contributed by atoms with van der Waals surface area (Å²) in [5, 5.41) is 2.85. The van der Waals surface area contributed by atoms with Crippen LogP contribution in [-0.4, -0.2) is 24.7 Å². The van der Waals surface area contributed by atoms with Crippen LogP contribution in [0.25, 0.3) is 5.69 Å². The van der Waals surface area contributed by atoms with Crippen molar-refractivity contribution < 1.29 is 18.7 Å². The maximum Gasteiger partial charge on any atom is 0.257 e. The maximum atomic E-state index is 14.2. The highest BCUT2D eigenvalue weighted by atomic mass is 19.1. The van der Waals surface area contributed by atoms with Crippen molar-refractivity contribution in [1.82, 2.24) is 4.57 Å². The molecule has 0 unspecified atom stereocenters. The molecule has 0 bridgehead atoms. The number of aryl methyl sites for hydroxylation is 1. The molecule has 1 amide bonds. The highest BCUT2D eigenvalue weighted by molar-refractivity contribution is 6.05. The van der Waals surface area contributed by atoms with Gasteiger partial charge in [0.2, 0.25) is 0 Å². The van der Waals surface area contributed by atoms with E-state index < -0.39 is 0 Å². The minimum atomic E-state index is -0.342. The Balaban J connectivity index is 1.93. The second-order valence-corrected chi connectivity index (χ2v) is 6.10. The van der Waals surface area contributed by atoms with E-state index in [9.17, 15) is 9.18 Å². The Labute approximate surface area is 157 Å². The maximum absolute atomic E-state index is 14.2. The second-order valence-electron chi connectivity index (χ2n) is 6.10. The van der Waals surface area contributed by atoms with Crippen LogP contribution < -0.4 is 14.8 Å². The van der Waals surface area contributed by atoms with E-state index in [0.29, 0.717) is 34.1 Å². The van der Waals surface area contributed by atoms with E-state index in [2.05, 4.69) is 5.32 Å². The Hall–Kier alpha value is -3.28. The molecule has 0 aliphatic heterocycles. The summed E-state index contributed by atoms with van der Waals surface area (Å²) < 4.78 is 26.4. The van der Waals surface area contributed by atoms with E-state index in [-0.39, 0.29) is 11.7 Å². The molecule has 0 spiro atoms. The molecule has 0 saturated heterocycles. The number of methoxy groups -OCH3 is 2. The van der Waals surface area contributed by atoms with Gasteiger partial charge in [-0.15, -0.1) is 0 Å². The molecule has 3 aromatic rings. The molecule has 0 fully saturated rings. The number of hydrogen-bond acceptors (Lipinski definition) is 3. The summed E-state index contributed by atoms with van der Waals surface area (Å²) in [6.45, 7) is 3.63. The number of nitrogens with zero attached hydrogens (tertiary/aromatic N) is 1. The van der Waals surface area contributed by atoms with E-state index in [1.54, 1.807) is 61.1 Å². The van der Waals surface area contributed by atoms with Gasteiger partial charge in [0.25, 0.3) is 5.91 Å². The number of aromatic nitrogens is 1. The zero-order valence-corrected chi connectivity index (χ0v) is 15.7. The normalized spacial score (nSPS) is 10.6. The van der Waals surface area contributed by atoms with Crippen LogP contribution in [0, 0.1) is 19.7 Å². The van der Waals surface area contributed by atoms with Gasteiger partial charge >= 0.3 is 0 Å². The second kappa shape index (κ2) is 7.53. The first-order valence-corrected chi connectivity index (χ1v) is 8.43. The van der Waals surface area contributed by atoms with Crippen molar-refractivity contribution in [3.8, 4) is 17.2 Å². The first-order chi connectivity index (χ1) is 13.0. The van der Waals surface area contributed by atoms with Gasteiger partial charge in [0.1, 0.15) is 5.82 Å². The molecule has 5 nitrogen and oxygen atoms in total. The predicted octanol–water partition coefficient (Wildman–Crippen LogP) is 4.50. The number of carbonyl (C=O) groups is 1. The van der Waals surface area contributed by atoms with Gasteiger partial charge in [0, 0.05) is 23.1 Å². The van der Waals surface area contributed by atoms with Gasteiger partial charge in [-0.1, -0.05) is 12.1 Å². The number of benzene rings is 2. The van der Waals surface area contributed by atoms with E-state index >= 15 is 0 Å². The average molecular weight is 368 g/mol. The Kier molecular flexibility index (Phi) is 5.16. The van der Waals surface area contributed by atoms with Gasteiger partial charge in [0.15, 0.2) is 11.5 Å². The van der Waals surface area contributed by atoms with Crippen molar-refractivity contribution in [2.75, 3.05) is 19.5 Å². The Morgan fingerprint density at radius 2 is 1.70 bits per heavy atom. The lowest BCUT2D eigenvalue weighted by atomic mass is 10.2. The molecule has 27 heavy (non-hydrogen) atoms. The fourth-order valence-electron chi connectivity index (χ4n) is 3.11. The zero-order chi connectivity index (χ0) is 19.6. The van der Waals surface area contributed by atoms with Crippen molar-refractivity contribution >= 4 is 11.6 Å². The number of carbonyl (C=O) groups excluding carboxylic acids is 1. The van der Waals surface area contributed by atoms with Gasteiger partial charge < -0.3 is 19.4 Å². The van der Waals surface area contributed by atoms with Crippen LogP contribution in [0.2, 0.25) is 0 Å². The van der Waals surface area contributed by atoms with Crippen LogP contribution in [0.1, 0.15) is 21.7 Å². The van der Waals surface area contributed by atoms with Crippen LogP contribution >= 0.6 is 0 Å². The smallest absolute Gasteiger partial charge is 0.257 e. The fraction of sp³-hybridized carbons (Fsp3) is 0.190. The summed E-state index contributed by atoms with van der Waals surface area (Å²) in [7, 11) is 3.08. The molecule has 0 saturated carbocycles. The van der Waals surface area contributed by atoms with E-state index in [4.69, 9.17) is 9.47 Å². The van der Waals surface area contributed by atoms with Crippen LogP contribution in [-0.2, 0) is 0 Å². The molecular formula is C21H21FN2O3. The summed E-state index contributed by atoms with van der Waals surface area (Å²) in [4.78, 5) is 12.8. The molecule has 1 aromatic heterocycles. The Morgan fingerprint density at radius 3 is 2.37 bits per heavy atom. The molecule has 0 atom stereocenters. The molecule has 3 rings (SSSR count). The summed E-state index contributed by atoms with van der Waals surface area (Å²) in [5.41, 5.74) is 2.90. The first kappa shape index (κ1) is 18.5. The SMILES string of the molecule is COc1ccc(NC(=O)c2cc(C)n(-c3ccccc3F)c2C)cc1OC. The average Bonchev–Trinajstić information content (AvgIpc) is 2.96. The Bertz CT molecular complexity index is 995. The third-order valence-electron chi connectivity index (χ3n) is 4.41. The number of para-hydroxylation sites is 1. The zero-order valence-electron chi connectivity index (χ0n) is 15.7. The molecule has 6 heteroatoms. The van der Waals surface area contributed by atoms with Gasteiger partial charge in [-0.25, -0.2) is 4.39 Å². The van der Waals surface area contributed by atoms with Crippen molar-refractivity contribution in [2.24, 2.45) is 0 Å². The van der Waals surface area contributed by atoms with Crippen molar-refractivity contribution in [3.63, 3.8) is 0 Å². The van der Waals surface area contributed by atoms with E-state index in [1.807, 2.05) is 6.92 Å². The predicted molar refractivity (Wildman–Crippen MR) is 103 cm³/mol.